The van der Waals surface area contributed by atoms with Crippen molar-refractivity contribution >= 4 is 32.2 Å². The van der Waals surface area contributed by atoms with E-state index in [0.717, 1.165) is 12.0 Å². The molecule has 1 aromatic heterocycles. The van der Waals surface area contributed by atoms with Crippen LogP contribution in [0.25, 0.3) is 20.9 Å². The molecule has 1 saturated heterocycles. The van der Waals surface area contributed by atoms with Crippen molar-refractivity contribution < 1.29 is 4.74 Å². The van der Waals surface area contributed by atoms with E-state index in [1.165, 1.54) is 21.0 Å². The number of epoxide rings is 1. The van der Waals surface area contributed by atoms with Crippen LogP contribution >= 0.6 is 11.3 Å². The molecule has 2 aromatic carbocycles. The predicted octanol–water partition coefficient (Wildman–Crippen LogP) is 4.00. The number of thiophene rings is 1. The van der Waals surface area contributed by atoms with Gasteiger partial charge < -0.3 is 4.74 Å². The Hall–Kier alpha value is -1.89. The third kappa shape index (κ3) is 1.37. The van der Waals surface area contributed by atoms with Gasteiger partial charge in [0.25, 0.3) is 0 Å². The standard InChI is InChI=1S/C15H9NOS/c16-7-9-1-2-10-6-13(14-8-17-14)15-11(3-4-18-15)12(10)5-9/h1-6,14H,8H2. The first-order valence-electron chi connectivity index (χ1n) is 5.82. The Morgan fingerprint density at radius 3 is 2.89 bits per heavy atom. The molecular formula is C15H9NOS. The molecule has 0 N–H and O–H groups in total. The number of hydrogen-bond donors (Lipinski definition) is 0. The van der Waals surface area contributed by atoms with Crippen molar-refractivity contribution in [1.82, 2.24) is 0 Å². The van der Waals surface area contributed by atoms with E-state index < -0.39 is 0 Å². The lowest BCUT2D eigenvalue weighted by atomic mass is 10.00. The molecule has 0 bridgehead atoms. The van der Waals surface area contributed by atoms with Crippen molar-refractivity contribution in [1.29, 1.82) is 5.26 Å². The smallest absolute Gasteiger partial charge is 0.107 e. The van der Waals surface area contributed by atoms with Gasteiger partial charge in [0.05, 0.1) is 18.2 Å². The minimum absolute atomic E-state index is 0.270. The fourth-order valence-electron chi connectivity index (χ4n) is 2.43. The van der Waals surface area contributed by atoms with Crippen LogP contribution in [-0.2, 0) is 4.74 Å². The van der Waals surface area contributed by atoms with Crippen molar-refractivity contribution in [3.8, 4) is 6.07 Å². The summed E-state index contributed by atoms with van der Waals surface area (Å²) >= 11 is 1.75. The van der Waals surface area contributed by atoms with E-state index in [0.29, 0.717) is 5.56 Å². The number of benzene rings is 2. The highest BCUT2D eigenvalue weighted by molar-refractivity contribution is 7.17. The summed E-state index contributed by atoms with van der Waals surface area (Å²) < 4.78 is 6.71. The minimum atomic E-state index is 0.270. The highest BCUT2D eigenvalue weighted by Crippen LogP contribution is 2.41. The molecule has 0 spiro atoms. The van der Waals surface area contributed by atoms with Crippen molar-refractivity contribution in [3.05, 3.63) is 46.8 Å². The Morgan fingerprint density at radius 2 is 2.11 bits per heavy atom. The Balaban J connectivity index is 2.15. The first kappa shape index (κ1) is 10.1. The molecule has 3 heteroatoms. The Kier molecular flexibility index (Phi) is 1.99. The second kappa shape index (κ2) is 3.55. The SMILES string of the molecule is N#Cc1ccc2cc(C3CO3)c3sccc3c2c1. The Morgan fingerprint density at radius 1 is 1.22 bits per heavy atom. The van der Waals surface area contributed by atoms with E-state index >= 15 is 0 Å². The summed E-state index contributed by atoms with van der Waals surface area (Å²) in [5, 5.41) is 14.7. The van der Waals surface area contributed by atoms with Crippen LogP contribution in [0.15, 0.2) is 35.7 Å². The van der Waals surface area contributed by atoms with Gasteiger partial charge in [0.15, 0.2) is 0 Å². The minimum Gasteiger partial charge on any atom is -0.368 e. The third-order valence-corrected chi connectivity index (χ3v) is 4.35. The normalized spacial score (nSPS) is 18.1. The number of fused-ring (bicyclic) bond motifs is 3. The van der Waals surface area contributed by atoms with E-state index in [-0.39, 0.29) is 6.10 Å². The van der Waals surface area contributed by atoms with Crippen LogP contribution < -0.4 is 0 Å². The quantitative estimate of drug-likeness (QED) is 0.613. The zero-order chi connectivity index (χ0) is 12.1. The maximum atomic E-state index is 9.01. The summed E-state index contributed by atoms with van der Waals surface area (Å²) in [6, 6.07) is 12.4. The molecule has 4 rings (SSSR count). The molecule has 1 atom stereocenters. The van der Waals surface area contributed by atoms with E-state index in [4.69, 9.17) is 10.00 Å². The van der Waals surface area contributed by atoms with Gasteiger partial charge in [-0.25, -0.2) is 0 Å². The molecular weight excluding hydrogens is 242 g/mol. The van der Waals surface area contributed by atoms with Gasteiger partial charge in [-0.15, -0.1) is 11.3 Å². The number of rotatable bonds is 1. The summed E-state index contributed by atoms with van der Waals surface area (Å²) in [4.78, 5) is 0. The fraction of sp³-hybridized carbons (Fsp3) is 0.133. The van der Waals surface area contributed by atoms with Crippen LogP contribution in [-0.4, -0.2) is 6.61 Å². The van der Waals surface area contributed by atoms with Gasteiger partial charge in [0.1, 0.15) is 6.10 Å². The number of ether oxygens (including phenoxy) is 1. The predicted molar refractivity (Wildman–Crippen MR) is 72.7 cm³/mol. The number of nitrogens with zero attached hydrogens (tertiary/aromatic N) is 1. The van der Waals surface area contributed by atoms with Gasteiger partial charge in [-0.2, -0.15) is 5.26 Å². The zero-order valence-electron chi connectivity index (χ0n) is 9.51. The lowest BCUT2D eigenvalue weighted by Crippen LogP contribution is -1.84. The van der Waals surface area contributed by atoms with Crippen LogP contribution in [0.5, 0.6) is 0 Å². The van der Waals surface area contributed by atoms with Crippen LogP contribution in [0.4, 0.5) is 0 Å². The highest BCUT2D eigenvalue weighted by atomic mass is 32.1. The van der Waals surface area contributed by atoms with Crippen LogP contribution in [0.1, 0.15) is 17.2 Å². The number of hydrogen-bond acceptors (Lipinski definition) is 3. The lowest BCUT2D eigenvalue weighted by molar-refractivity contribution is 0.417. The van der Waals surface area contributed by atoms with Gasteiger partial charge in [-0.05, 0) is 40.4 Å². The van der Waals surface area contributed by atoms with E-state index in [2.05, 4.69) is 23.6 Å². The van der Waals surface area contributed by atoms with Gasteiger partial charge in [-0.1, -0.05) is 6.07 Å². The van der Waals surface area contributed by atoms with E-state index in [9.17, 15) is 0 Å². The molecule has 2 nitrogen and oxygen atoms in total. The average molecular weight is 251 g/mol. The molecule has 1 aliphatic rings. The fourth-order valence-corrected chi connectivity index (χ4v) is 3.40. The summed E-state index contributed by atoms with van der Waals surface area (Å²) in [7, 11) is 0. The summed E-state index contributed by atoms with van der Waals surface area (Å²) in [6.07, 6.45) is 0.270. The molecule has 0 saturated carbocycles. The van der Waals surface area contributed by atoms with E-state index in [1.54, 1.807) is 11.3 Å². The van der Waals surface area contributed by atoms with Crippen LogP contribution in [0.2, 0.25) is 0 Å². The molecule has 18 heavy (non-hydrogen) atoms. The zero-order valence-corrected chi connectivity index (χ0v) is 10.3. The highest BCUT2D eigenvalue weighted by Gasteiger charge is 2.27. The van der Waals surface area contributed by atoms with Crippen molar-refractivity contribution in [2.45, 2.75) is 6.10 Å². The van der Waals surface area contributed by atoms with Crippen LogP contribution in [0, 0.1) is 11.3 Å². The molecule has 3 aromatic rings. The summed E-state index contributed by atoms with van der Waals surface area (Å²) in [6.45, 7) is 0.828. The molecule has 2 heterocycles. The van der Waals surface area contributed by atoms with Gasteiger partial charge >= 0.3 is 0 Å². The Labute approximate surface area is 108 Å². The van der Waals surface area contributed by atoms with Crippen LogP contribution in [0.3, 0.4) is 0 Å². The monoisotopic (exact) mass is 251 g/mol. The molecule has 86 valence electrons. The molecule has 1 fully saturated rings. The molecule has 1 aliphatic heterocycles. The second-order valence-corrected chi connectivity index (χ2v) is 5.42. The largest absolute Gasteiger partial charge is 0.368 e. The summed E-state index contributed by atoms with van der Waals surface area (Å²) in [5.41, 5.74) is 2.00. The third-order valence-electron chi connectivity index (χ3n) is 3.39. The van der Waals surface area contributed by atoms with Gasteiger partial charge in [-0.3, -0.25) is 0 Å². The van der Waals surface area contributed by atoms with Crippen molar-refractivity contribution in [2.75, 3.05) is 6.61 Å². The first-order valence-corrected chi connectivity index (χ1v) is 6.70. The molecule has 0 aliphatic carbocycles. The van der Waals surface area contributed by atoms with Crippen molar-refractivity contribution in [3.63, 3.8) is 0 Å². The lowest BCUT2D eigenvalue weighted by Gasteiger charge is -2.05. The van der Waals surface area contributed by atoms with Gasteiger partial charge in [0, 0.05) is 15.6 Å². The molecule has 0 radical (unpaired) electrons. The average Bonchev–Trinajstić information content (AvgIpc) is 3.13. The topological polar surface area (TPSA) is 36.3 Å². The second-order valence-electron chi connectivity index (χ2n) is 4.50. The first-order chi connectivity index (χ1) is 8.86. The number of nitriles is 1. The molecule has 0 amide bonds. The maximum Gasteiger partial charge on any atom is 0.107 e. The van der Waals surface area contributed by atoms with Crippen molar-refractivity contribution in [2.24, 2.45) is 0 Å². The maximum absolute atomic E-state index is 9.01. The summed E-state index contributed by atoms with van der Waals surface area (Å²) in [5.74, 6) is 0. The molecule has 1 unspecified atom stereocenters. The Bertz CT molecular complexity index is 808. The van der Waals surface area contributed by atoms with Gasteiger partial charge in [0.2, 0.25) is 0 Å². The van der Waals surface area contributed by atoms with E-state index in [1.807, 2.05) is 18.2 Å².